The highest BCUT2D eigenvalue weighted by atomic mass is 16.3. The number of hydrogen-bond donors (Lipinski definition) is 2. The van der Waals surface area contributed by atoms with Crippen LogP contribution in [-0.4, -0.2) is 26.4 Å². The van der Waals surface area contributed by atoms with Crippen LogP contribution in [0.25, 0.3) is 0 Å². The molecule has 13 heavy (non-hydrogen) atoms. The van der Waals surface area contributed by atoms with Crippen molar-refractivity contribution in [1.29, 1.82) is 0 Å². The van der Waals surface area contributed by atoms with Gasteiger partial charge in [-0.3, -0.25) is 0 Å². The van der Waals surface area contributed by atoms with Gasteiger partial charge in [0.25, 0.3) is 0 Å². The molecule has 1 saturated carbocycles. The molecule has 1 atom stereocenters. The van der Waals surface area contributed by atoms with E-state index in [0.717, 1.165) is 0 Å². The van der Waals surface area contributed by atoms with Crippen LogP contribution in [0.1, 0.15) is 37.2 Å². The maximum Gasteiger partial charge on any atom is 0.162 e. The van der Waals surface area contributed by atoms with Crippen LogP contribution >= 0.6 is 0 Å². The van der Waals surface area contributed by atoms with Crippen LogP contribution < -0.4 is 5.73 Å². The van der Waals surface area contributed by atoms with Gasteiger partial charge in [0.15, 0.2) is 5.82 Å². The summed E-state index contributed by atoms with van der Waals surface area (Å²) in [6.45, 7) is 0.471. The van der Waals surface area contributed by atoms with Crippen molar-refractivity contribution in [2.24, 2.45) is 5.73 Å². The van der Waals surface area contributed by atoms with Crippen LogP contribution in [0, 0.1) is 0 Å². The van der Waals surface area contributed by atoms with Gasteiger partial charge in [0.1, 0.15) is 12.4 Å². The standard InChI is InChI=1S/C8H14N4O/c9-4-3-7(13)8-11-10-5-12(8)6-1-2-6/h5-7,13H,1-4,9H2. The van der Waals surface area contributed by atoms with E-state index in [0.29, 0.717) is 24.8 Å². The predicted octanol–water partition coefficient (Wildman–Crippen LogP) is -0.00480. The number of rotatable bonds is 4. The molecule has 1 aliphatic carbocycles. The summed E-state index contributed by atoms with van der Waals surface area (Å²) < 4.78 is 1.96. The van der Waals surface area contributed by atoms with Crippen molar-refractivity contribution in [2.45, 2.75) is 31.4 Å². The first-order valence-electron chi connectivity index (χ1n) is 4.60. The monoisotopic (exact) mass is 182 g/mol. The molecule has 1 aliphatic rings. The first kappa shape index (κ1) is 8.65. The summed E-state index contributed by atoms with van der Waals surface area (Å²) >= 11 is 0. The van der Waals surface area contributed by atoms with Crippen molar-refractivity contribution >= 4 is 0 Å². The first-order valence-corrected chi connectivity index (χ1v) is 4.60. The number of hydrogen-bond acceptors (Lipinski definition) is 4. The van der Waals surface area contributed by atoms with Crippen LogP contribution in [0.5, 0.6) is 0 Å². The molecule has 1 heterocycles. The van der Waals surface area contributed by atoms with Crippen LogP contribution in [-0.2, 0) is 0 Å². The first-order chi connectivity index (χ1) is 6.33. The Morgan fingerprint density at radius 2 is 2.46 bits per heavy atom. The Morgan fingerprint density at radius 3 is 3.08 bits per heavy atom. The molecule has 0 saturated heterocycles. The average molecular weight is 182 g/mol. The Balaban J connectivity index is 2.13. The summed E-state index contributed by atoms with van der Waals surface area (Å²) in [7, 11) is 0. The molecule has 1 fully saturated rings. The number of nitrogens with two attached hydrogens (primary N) is 1. The van der Waals surface area contributed by atoms with E-state index >= 15 is 0 Å². The minimum Gasteiger partial charge on any atom is -0.385 e. The second-order valence-electron chi connectivity index (χ2n) is 3.42. The summed E-state index contributed by atoms with van der Waals surface area (Å²) in [5.41, 5.74) is 5.36. The molecule has 0 amide bonds. The number of nitrogens with zero attached hydrogens (tertiary/aromatic N) is 3. The van der Waals surface area contributed by atoms with E-state index in [1.54, 1.807) is 6.33 Å². The molecule has 0 radical (unpaired) electrons. The molecule has 0 bridgehead atoms. The van der Waals surface area contributed by atoms with E-state index in [2.05, 4.69) is 10.2 Å². The second-order valence-corrected chi connectivity index (χ2v) is 3.42. The van der Waals surface area contributed by atoms with E-state index in [4.69, 9.17) is 5.73 Å². The molecule has 0 aliphatic heterocycles. The molecule has 1 aromatic heterocycles. The van der Waals surface area contributed by atoms with Gasteiger partial charge in [-0.05, 0) is 25.8 Å². The molecule has 5 nitrogen and oxygen atoms in total. The van der Waals surface area contributed by atoms with Crippen molar-refractivity contribution in [3.63, 3.8) is 0 Å². The van der Waals surface area contributed by atoms with E-state index < -0.39 is 6.10 Å². The smallest absolute Gasteiger partial charge is 0.162 e. The lowest BCUT2D eigenvalue weighted by Gasteiger charge is -2.09. The van der Waals surface area contributed by atoms with Crippen molar-refractivity contribution in [1.82, 2.24) is 14.8 Å². The fraction of sp³-hybridized carbons (Fsp3) is 0.750. The average Bonchev–Trinajstić information content (AvgIpc) is 2.84. The quantitative estimate of drug-likeness (QED) is 0.687. The topological polar surface area (TPSA) is 77.0 Å². The summed E-state index contributed by atoms with van der Waals surface area (Å²) in [6.07, 6.45) is 4.01. The van der Waals surface area contributed by atoms with Crippen LogP contribution in [0.3, 0.4) is 0 Å². The van der Waals surface area contributed by atoms with Crippen LogP contribution in [0.4, 0.5) is 0 Å². The van der Waals surface area contributed by atoms with Gasteiger partial charge in [0, 0.05) is 6.04 Å². The molecular formula is C8H14N4O. The Hall–Kier alpha value is -0.940. The Labute approximate surface area is 76.6 Å². The van der Waals surface area contributed by atoms with Gasteiger partial charge in [-0.2, -0.15) is 0 Å². The minimum absolute atomic E-state index is 0.471. The lowest BCUT2D eigenvalue weighted by atomic mass is 10.2. The van der Waals surface area contributed by atoms with E-state index in [1.165, 1.54) is 12.8 Å². The zero-order chi connectivity index (χ0) is 9.26. The van der Waals surface area contributed by atoms with Gasteiger partial charge >= 0.3 is 0 Å². The maximum atomic E-state index is 9.66. The molecular weight excluding hydrogens is 168 g/mol. The summed E-state index contributed by atoms with van der Waals surface area (Å²) in [4.78, 5) is 0. The molecule has 72 valence electrons. The number of aliphatic hydroxyl groups excluding tert-OH is 1. The summed E-state index contributed by atoms with van der Waals surface area (Å²) in [6, 6.07) is 0.512. The fourth-order valence-electron chi connectivity index (χ4n) is 1.41. The van der Waals surface area contributed by atoms with Crippen molar-refractivity contribution in [3.8, 4) is 0 Å². The molecule has 1 unspecified atom stereocenters. The van der Waals surface area contributed by atoms with E-state index in [-0.39, 0.29) is 0 Å². The lowest BCUT2D eigenvalue weighted by Crippen LogP contribution is -2.12. The lowest BCUT2D eigenvalue weighted by molar-refractivity contribution is 0.155. The maximum absolute atomic E-state index is 9.66. The van der Waals surface area contributed by atoms with E-state index in [9.17, 15) is 5.11 Å². The third-order valence-corrected chi connectivity index (χ3v) is 2.28. The molecule has 1 aromatic rings. The van der Waals surface area contributed by atoms with Gasteiger partial charge in [0.2, 0.25) is 0 Å². The molecule has 3 N–H and O–H groups in total. The highest BCUT2D eigenvalue weighted by Crippen LogP contribution is 2.36. The van der Waals surface area contributed by atoms with Crippen molar-refractivity contribution in [2.75, 3.05) is 6.54 Å². The zero-order valence-electron chi connectivity index (χ0n) is 7.43. The molecule has 2 rings (SSSR count). The Morgan fingerprint density at radius 1 is 1.69 bits per heavy atom. The van der Waals surface area contributed by atoms with E-state index in [1.807, 2.05) is 4.57 Å². The predicted molar refractivity (Wildman–Crippen MR) is 46.9 cm³/mol. The fourth-order valence-corrected chi connectivity index (χ4v) is 1.41. The third kappa shape index (κ3) is 1.71. The largest absolute Gasteiger partial charge is 0.385 e. The SMILES string of the molecule is NCCC(O)c1nncn1C1CC1. The van der Waals surface area contributed by atoms with Crippen LogP contribution in [0.2, 0.25) is 0 Å². The van der Waals surface area contributed by atoms with Gasteiger partial charge in [0.05, 0.1) is 0 Å². The zero-order valence-corrected chi connectivity index (χ0v) is 7.43. The summed E-state index contributed by atoms with van der Waals surface area (Å²) in [5, 5.41) is 17.4. The number of aliphatic hydroxyl groups is 1. The van der Waals surface area contributed by atoms with Gasteiger partial charge < -0.3 is 15.4 Å². The molecule has 5 heteroatoms. The van der Waals surface area contributed by atoms with Gasteiger partial charge in [-0.1, -0.05) is 0 Å². The normalized spacial score (nSPS) is 18.9. The highest BCUT2D eigenvalue weighted by Gasteiger charge is 2.28. The third-order valence-electron chi connectivity index (χ3n) is 2.28. The van der Waals surface area contributed by atoms with Crippen LogP contribution in [0.15, 0.2) is 6.33 Å². The molecule has 0 aromatic carbocycles. The summed E-state index contributed by atoms with van der Waals surface area (Å²) in [5.74, 6) is 0.660. The number of aromatic nitrogens is 3. The molecule has 0 spiro atoms. The van der Waals surface area contributed by atoms with Gasteiger partial charge in [-0.25, -0.2) is 0 Å². The van der Waals surface area contributed by atoms with Crippen molar-refractivity contribution in [3.05, 3.63) is 12.2 Å². The van der Waals surface area contributed by atoms with Crippen molar-refractivity contribution < 1.29 is 5.11 Å². The Kier molecular flexibility index (Phi) is 2.28. The highest BCUT2D eigenvalue weighted by molar-refractivity contribution is 4.97. The Bertz CT molecular complexity index is 281. The minimum atomic E-state index is -0.562. The van der Waals surface area contributed by atoms with Gasteiger partial charge in [-0.15, -0.1) is 10.2 Å². The second kappa shape index (κ2) is 3.43.